The Bertz CT molecular complexity index is 1680. The molecule has 5 atom stereocenters. The molecule has 0 aliphatic heterocycles. The molecule has 0 aromatic rings. The van der Waals surface area contributed by atoms with Crippen molar-refractivity contribution in [3.8, 4) is 0 Å². The van der Waals surface area contributed by atoms with Crippen LogP contribution in [0, 0.1) is 11.8 Å². The van der Waals surface area contributed by atoms with Gasteiger partial charge in [-0.3, -0.25) is 37.3 Å². The third kappa shape index (κ3) is 60.9. The molecule has 0 saturated heterocycles. The lowest BCUT2D eigenvalue weighted by atomic mass is 10.0. The normalized spacial score (nSPS) is 14.2. The van der Waals surface area contributed by atoms with Crippen molar-refractivity contribution < 1.29 is 80.2 Å². The lowest BCUT2D eigenvalue weighted by molar-refractivity contribution is -0.161. The van der Waals surface area contributed by atoms with E-state index in [1.54, 1.807) is 0 Å². The Labute approximate surface area is 524 Å². The zero-order chi connectivity index (χ0) is 63.6. The summed E-state index contributed by atoms with van der Waals surface area (Å²) in [6, 6.07) is 0. The minimum atomic E-state index is -4.95. The molecule has 0 amide bonds. The van der Waals surface area contributed by atoms with Crippen molar-refractivity contribution in [3.05, 3.63) is 0 Å². The second-order valence-corrected chi connectivity index (χ2v) is 28.1. The van der Waals surface area contributed by atoms with Gasteiger partial charge in [0.1, 0.15) is 19.3 Å². The number of carbonyl (C=O) groups excluding carboxylic acids is 4. The largest absolute Gasteiger partial charge is 0.472 e. The summed E-state index contributed by atoms with van der Waals surface area (Å²) < 4.78 is 68.1. The van der Waals surface area contributed by atoms with Crippen LogP contribution in [0.5, 0.6) is 0 Å². The van der Waals surface area contributed by atoms with Crippen LogP contribution in [0.3, 0.4) is 0 Å². The van der Waals surface area contributed by atoms with Crippen LogP contribution in [0.15, 0.2) is 0 Å². The molecular formula is C67H130O17P2. The summed E-state index contributed by atoms with van der Waals surface area (Å²) in [5.41, 5.74) is 0. The molecule has 0 fully saturated rings. The maximum Gasteiger partial charge on any atom is 0.472 e. The maximum absolute atomic E-state index is 13.0. The van der Waals surface area contributed by atoms with E-state index in [-0.39, 0.29) is 25.7 Å². The second kappa shape index (κ2) is 59.4. The first-order valence-corrected chi connectivity index (χ1v) is 38.0. The summed E-state index contributed by atoms with van der Waals surface area (Å²) in [6.45, 7) is 9.46. The van der Waals surface area contributed by atoms with Crippen LogP contribution in [0.1, 0.15) is 337 Å². The minimum Gasteiger partial charge on any atom is -0.462 e. The van der Waals surface area contributed by atoms with Gasteiger partial charge in [0.2, 0.25) is 0 Å². The monoisotopic (exact) mass is 1270 g/mol. The van der Waals surface area contributed by atoms with Crippen LogP contribution in [0.4, 0.5) is 0 Å². The van der Waals surface area contributed by atoms with Crippen LogP contribution < -0.4 is 0 Å². The summed E-state index contributed by atoms with van der Waals surface area (Å²) >= 11 is 0. The molecule has 0 aromatic carbocycles. The summed E-state index contributed by atoms with van der Waals surface area (Å²) in [5, 5.41) is 10.6. The molecule has 86 heavy (non-hydrogen) atoms. The van der Waals surface area contributed by atoms with E-state index in [1.807, 2.05) is 0 Å². The highest BCUT2D eigenvalue weighted by Crippen LogP contribution is 2.45. The number of unbranched alkanes of at least 4 members (excludes halogenated alkanes) is 36. The van der Waals surface area contributed by atoms with Crippen molar-refractivity contribution in [2.45, 2.75) is 355 Å². The van der Waals surface area contributed by atoms with Gasteiger partial charge in [0.25, 0.3) is 0 Å². The van der Waals surface area contributed by atoms with Crippen molar-refractivity contribution in [3.63, 3.8) is 0 Å². The van der Waals surface area contributed by atoms with Crippen molar-refractivity contribution in [1.29, 1.82) is 0 Å². The highest BCUT2D eigenvalue weighted by Gasteiger charge is 2.30. The molecule has 0 aliphatic rings. The first kappa shape index (κ1) is 84.1. The molecule has 0 bridgehead atoms. The highest BCUT2D eigenvalue weighted by molar-refractivity contribution is 7.47. The third-order valence-corrected chi connectivity index (χ3v) is 17.4. The molecular weight excluding hydrogens is 1140 g/mol. The van der Waals surface area contributed by atoms with Gasteiger partial charge < -0.3 is 33.8 Å². The van der Waals surface area contributed by atoms with Crippen molar-refractivity contribution in [2.24, 2.45) is 11.8 Å². The van der Waals surface area contributed by atoms with E-state index >= 15 is 0 Å². The van der Waals surface area contributed by atoms with E-state index in [0.717, 1.165) is 95.8 Å². The van der Waals surface area contributed by atoms with Gasteiger partial charge in [-0.1, -0.05) is 286 Å². The molecule has 0 saturated carbocycles. The van der Waals surface area contributed by atoms with Gasteiger partial charge in [-0.2, -0.15) is 0 Å². The van der Waals surface area contributed by atoms with Gasteiger partial charge in [0.15, 0.2) is 12.2 Å². The lowest BCUT2D eigenvalue weighted by Crippen LogP contribution is -2.30. The summed E-state index contributed by atoms with van der Waals surface area (Å²) in [5.74, 6) is -0.657. The topological polar surface area (TPSA) is 237 Å². The molecule has 0 aromatic heterocycles. The van der Waals surface area contributed by atoms with E-state index in [2.05, 4.69) is 41.5 Å². The van der Waals surface area contributed by atoms with Crippen molar-refractivity contribution in [2.75, 3.05) is 39.6 Å². The zero-order valence-electron chi connectivity index (χ0n) is 55.6. The molecule has 2 unspecified atom stereocenters. The van der Waals surface area contributed by atoms with Crippen LogP contribution in [0.2, 0.25) is 0 Å². The van der Waals surface area contributed by atoms with Crippen LogP contribution in [0.25, 0.3) is 0 Å². The van der Waals surface area contributed by atoms with E-state index in [9.17, 15) is 43.2 Å². The Morgan fingerprint density at radius 2 is 0.535 bits per heavy atom. The molecule has 0 rings (SSSR count). The average molecular weight is 1270 g/mol. The fourth-order valence-corrected chi connectivity index (χ4v) is 11.6. The fourth-order valence-electron chi connectivity index (χ4n) is 10.1. The SMILES string of the molecule is CCCCCCCCCCCCCC(=O)OC[C@H](COP(=O)(O)OC[C@@H](O)COP(=O)(O)OC[C@@H](COC(=O)CCCCCCCCCCCC)OC(=O)CCCCCCCCCC(C)C)OC(=O)CCCCCCCCCCCCCCC(C)C. The van der Waals surface area contributed by atoms with Crippen LogP contribution in [-0.4, -0.2) is 96.7 Å². The highest BCUT2D eigenvalue weighted by atomic mass is 31.2. The molecule has 19 heteroatoms. The molecule has 0 heterocycles. The van der Waals surface area contributed by atoms with Crippen LogP contribution >= 0.6 is 15.6 Å². The van der Waals surface area contributed by atoms with Gasteiger partial charge in [-0.15, -0.1) is 0 Å². The molecule has 0 radical (unpaired) electrons. The Hall–Kier alpha value is -1.94. The molecule has 0 aliphatic carbocycles. The molecule has 0 spiro atoms. The van der Waals surface area contributed by atoms with Gasteiger partial charge in [-0.25, -0.2) is 9.13 Å². The number of rotatable bonds is 66. The number of ether oxygens (including phenoxy) is 4. The molecule has 17 nitrogen and oxygen atoms in total. The van der Waals surface area contributed by atoms with Crippen LogP contribution in [-0.2, 0) is 65.4 Å². The number of hydrogen-bond acceptors (Lipinski definition) is 15. The number of aliphatic hydroxyl groups is 1. The lowest BCUT2D eigenvalue weighted by Gasteiger charge is -2.21. The minimum absolute atomic E-state index is 0.104. The van der Waals surface area contributed by atoms with E-state index in [4.69, 9.17) is 37.0 Å². The van der Waals surface area contributed by atoms with Gasteiger partial charge in [-0.05, 0) is 37.5 Å². The van der Waals surface area contributed by atoms with E-state index < -0.39 is 97.5 Å². The Morgan fingerprint density at radius 3 is 0.791 bits per heavy atom. The fraction of sp³-hybridized carbons (Fsp3) is 0.940. The maximum atomic E-state index is 13.0. The number of esters is 4. The smallest absolute Gasteiger partial charge is 0.462 e. The van der Waals surface area contributed by atoms with Gasteiger partial charge in [0, 0.05) is 25.7 Å². The first-order chi connectivity index (χ1) is 41.4. The summed E-state index contributed by atoms with van der Waals surface area (Å²) in [4.78, 5) is 72.3. The summed E-state index contributed by atoms with van der Waals surface area (Å²) in [6.07, 6.45) is 43.0. The number of phosphoric acid groups is 2. The van der Waals surface area contributed by atoms with E-state index in [1.165, 1.54) is 154 Å². The average Bonchev–Trinajstić information content (AvgIpc) is 3.64. The first-order valence-electron chi connectivity index (χ1n) is 35.0. The molecule has 3 N–H and O–H groups in total. The number of hydrogen-bond donors (Lipinski definition) is 3. The summed E-state index contributed by atoms with van der Waals surface area (Å²) in [7, 11) is -9.89. The predicted molar refractivity (Wildman–Crippen MR) is 345 cm³/mol. The molecule has 510 valence electrons. The quantitative estimate of drug-likeness (QED) is 0.0222. The van der Waals surface area contributed by atoms with Crippen molar-refractivity contribution >= 4 is 39.5 Å². The standard InChI is InChI=1S/C67H130O17P2/c1-7-9-11-13-15-17-21-26-32-38-44-50-65(70)78-55-62(83-66(71)51-45-39-33-27-23-20-19-22-24-29-35-41-47-59(3)4)57-81-85(73,74)79-53-61(68)54-80-86(75,76)82-58-63(84-67(72)52-46-40-34-28-30-36-42-48-60(5)6)56-77-64(69)49-43-37-31-25-18-16-14-12-10-8-2/h59-63,68H,7-58H2,1-6H3,(H,73,74)(H,75,76)/t61-,62-,63-/m1/s1. The second-order valence-electron chi connectivity index (χ2n) is 25.2. The predicted octanol–water partition coefficient (Wildman–Crippen LogP) is 18.8. The number of carbonyl (C=O) groups is 4. The van der Waals surface area contributed by atoms with Crippen molar-refractivity contribution in [1.82, 2.24) is 0 Å². The Morgan fingerprint density at radius 1 is 0.314 bits per heavy atom. The third-order valence-electron chi connectivity index (χ3n) is 15.5. The van der Waals surface area contributed by atoms with E-state index in [0.29, 0.717) is 31.6 Å². The zero-order valence-corrected chi connectivity index (χ0v) is 57.4. The van der Waals surface area contributed by atoms with Gasteiger partial charge >= 0.3 is 39.5 Å². The Balaban J connectivity index is 5.23. The number of phosphoric ester groups is 2. The number of aliphatic hydroxyl groups excluding tert-OH is 1. The Kier molecular flexibility index (Phi) is 58.0. The van der Waals surface area contributed by atoms with Gasteiger partial charge in [0.05, 0.1) is 26.4 Å².